The molecule has 0 unspecified atom stereocenters. The number of hydrazone groups is 1. The second kappa shape index (κ2) is 7.85. The van der Waals surface area contributed by atoms with Crippen LogP contribution in [0.25, 0.3) is 5.69 Å². The van der Waals surface area contributed by atoms with Crippen LogP contribution in [-0.4, -0.2) is 43.8 Å². The lowest BCUT2D eigenvalue weighted by molar-refractivity contribution is 0.0683. The predicted molar refractivity (Wildman–Crippen MR) is 105 cm³/mol. The molecular formula is C20H18N4O5. The highest BCUT2D eigenvalue weighted by Gasteiger charge is 2.17. The molecule has 1 amide bonds. The lowest BCUT2D eigenvalue weighted by Gasteiger charge is -2.14. The maximum atomic E-state index is 12.4. The van der Waals surface area contributed by atoms with Crippen molar-refractivity contribution in [2.24, 2.45) is 5.10 Å². The second-order valence-electron chi connectivity index (χ2n) is 6.32. The number of carboxylic acid groups (broad SMARTS) is 2. The van der Waals surface area contributed by atoms with E-state index in [2.05, 4.69) is 15.5 Å². The Hall–Kier alpha value is -4.14. The van der Waals surface area contributed by atoms with E-state index in [4.69, 9.17) is 5.11 Å². The van der Waals surface area contributed by atoms with Crippen LogP contribution >= 0.6 is 0 Å². The number of hydrogen-bond acceptors (Lipinski definition) is 4. The van der Waals surface area contributed by atoms with E-state index in [1.807, 2.05) is 26.0 Å². The molecule has 9 heteroatoms. The summed E-state index contributed by atoms with van der Waals surface area (Å²) < 4.78 is 1.76. The molecule has 29 heavy (non-hydrogen) atoms. The number of aromatic nitrogens is 2. The summed E-state index contributed by atoms with van der Waals surface area (Å²) in [6.07, 6.45) is 1.27. The Labute approximate surface area is 165 Å². The molecule has 1 aromatic carbocycles. The largest absolute Gasteiger partial charge is 0.478 e. The van der Waals surface area contributed by atoms with Gasteiger partial charge < -0.3 is 19.8 Å². The van der Waals surface area contributed by atoms with E-state index in [1.165, 1.54) is 36.5 Å². The molecule has 4 N–H and O–H groups in total. The maximum Gasteiger partial charge on any atom is 0.352 e. The van der Waals surface area contributed by atoms with E-state index in [1.54, 1.807) is 4.57 Å². The summed E-state index contributed by atoms with van der Waals surface area (Å²) in [7, 11) is 0. The molecule has 9 nitrogen and oxygen atoms in total. The first kappa shape index (κ1) is 19.6. The quantitative estimate of drug-likeness (QED) is 0.376. The molecule has 0 bridgehead atoms. The van der Waals surface area contributed by atoms with Gasteiger partial charge in [0.25, 0.3) is 5.91 Å². The van der Waals surface area contributed by atoms with Crippen LogP contribution in [0.5, 0.6) is 0 Å². The molecule has 3 aromatic rings. The van der Waals surface area contributed by atoms with Crippen molar-refractivity contribution in [3.05, 3.63) is 76.4 Å². The molecule has 0 fully saturated rings. The van der Waals surface area contributed by atoms with Crippen molar-refractivity contribution in [1.29, 1.82) is 0 Å². The van der Waals surface area contributed by atoms with Crippen LogP contribution in [0.2, 0.25) is 0 Å². The molecular weight excluding hydrogens is 376 g/mol. The van der Waals surface area contributed by atoms with Crippen LogP contribution in [0, 0.1) is 13.8 Å². The van der Waals surface area contributed by atoms with Gasteiger partial charge in [-0.05, 0) is 56.3 Å². The average molecular weight is 394 g/mol. The molecule has 0 aliphatic heterocycles. The molecule has 148 valence electrons. The Morgan fingerprint density at radius 3 is 2.28 bits per heavy atom. The molecule has 0 atom stereocenters. The average Bonchev–Trinajstić information content (AvgIpc) is 3.28. The van der Waals surface area contributed by atoms with Crippen molar-refractivity contribution in [2.45, 2.75) is 13.8 Å². The Balaban J connectivity index is 1.85. The van der Waals surface area contributed by atoms with Crippen molar-refractivity contribution < 1.29 is 24.6 Å². The van der Waals surface area contributed by atoms with Crippen molar-refractivity contribution in [3.8, 4) is 5.69 Å². The summed E-state index contributed by atoms with van der Waals surface area (Å²) in [6, 6.07) is 10.9. The van der Waals surface area contributed by atoms with Gasteiger partial charge in [-0.3, -0.25) is 4.79 Å². The Kier molecular flexibility index (Phi) is 5.31. The van der Waals surface area contributed by atoms with Gasteiger partial charge in [0.05, 0.1) is 23.2 Å². The van der Waals surface area contributed by atoms with E-state index in [0.717, 1.165) is 11.4 Å². The summed E-state index contributed by atoms with van der Waals surface area (Å²) in [4.78, 5) is 37.5. The molecule has 0 saturated heterocycles. The highest BCUT2D eigenvalue weighted by Crippen LogP contribution is 2.22. The third-order valence-corrected chi connectivity index (χ3v) is 4.31. The number of benzene rings is 1. The second-order valence-corrected chi connectivity index (χ2v) is 6.32. The van der Waals surface area contributed by atoms with E-state index in [0.29, 0.717) is 11.4 Å². The lowest BCUT2D eigenvalue weighted by atomic mass is 10.1. The molecule has 0 aliphatic carbocycles. The van der Waals surface area contributed by atoms with Gasteiger partial charge in [0.1, 0.15) is 5.69 Å². The van der Waals surface area contributed by atoms with Crippen LogP contribution in [-0.2, 0) is 0 Å². The molecule has 3 rings (SSSR count). The number of carboxylic acids is 2. The predicted octanol–water partition coefficient (Wildman–Crippen LogP) is 2.58. The summed E-state index contributed by atoms with van der Waals surface area (Å²) >= 11 is 0. The third-order valence-electron chi connectivity index (χ3n) is 4.31. The Morgan fingerprint density at radius 1 is 1.00 bits per heavy atom. The van der Waals surface area contributed by atoms with Crippen molar-refractivity contribution >= 4 is 24.1 Å². The van der Waals surface area contributed by atoms with Gasteiger partial charge in [0.2, 0.25) is 0 Å². The minimum Gasteiger partial charge on any atom is -0.478 e. The van der Waals surface area contributed by atoms with Crippen LogP contribution in [0.15, 0.2) is 47.6 Å². The van der Waals surface area contributed by atoms with Crippen LogP contribution in [0.4, 0.5) is 0 Å². The Morgan fingerprint density at radius 2 is 1.69 bits per heavy atom. The number of carbonyl (C=O) groups excluding carboxylic acids is 1. The first-order chi connectivity index (χ1) is 13.8. The summed E-state index contributed by atoms with van der Waals surface area (Å²) in [5, 5.41) is 22.2. The van der Waals surface area contributed by atoms with E-state index < -0.39 is 17.8 Å². The molecule has 0 saturated carbocycles. The fraction of sp³-hybridized carbons (Fsp3) is 0.100. The van der Waals surface area contributed by atoms with E-state index in [-0.39, 0.29) is 16.8 Å². The van der Waals surface area contributed by atoms with Crippen molar-refractivity contribution in [2.75, 3.05) is 0 Å². The van der Waals surface area contributed by atoms with E-state index in [9.17, 15) is 19.5 Å². The lowest BCUT2D eigenvalue weighted by Crippen LogP contribution is -2.19. The number of aromatic carboxylic acids is 2. The van der Waals surface area contributed by atoms with Crippen molar-refractivity contribution in [3.63, 3.8) is 0 Å². The minimum atomic E-state index is -1.10. The Bertz CT molecular complexity index is 1120. The molecule has 0 radical (unpaired) electrons. The highest BCUT2D eigenvalue weighted by atomic mass is 16.4. The van der Waals surface area contributed by atoms with Gasteiger partial charge in [0.15, 0.2) is 0 Å². The van der Waals surface area contributed by atoms with Gasteiger partial charge in [0, 0.05) is 17.0 Å². The van der Waals surface area contributed by atoms with Gasteiger partial charge in [-0.2, -0.15) is 5.10 Å². The molecule has 2 heterocycles. The van der Waals surface area contributed by atoms with Crippen LogP contribution in [0.1, 0.15) is 48.3 Å². The fourth-order valence-corrected chi connectivity index (χ4v) is 2.92. The number of aromatic amines is 1. The number of carbonyl (C=O) groups is 3. The first-order valence-corrected chi connectivity index (χ1v) is 8.56. The van der Waals surface area contributed by atoms with Crippen molar-refractivity contribution in [1.82, 2.24) is 15.0 Å². The molecule has 0 aliphatic rings. The number of nitrogens with zero attached hydrogens (tertiary/aromatic N) is 2. The number of hydrogen-bond donors (Lipinski definition) is 4. The number of nitrogens with one attached hydrogen (secondary N) is 2. The fourth-order valence-electron chi connectivity index (χ4n) is 2.92. The monoisotopic (exact) mass is 394 g/mol. The van der Waals surface area contributed by atoms with Crippen LogP contribution < -0.4 is 5.43 Å². The number of aryl methyl sites for hydroxylation is 2. The van der Waals surface area contributed by atoms with Gasteiger partial charge in [-0.15, -0.1) is 0 Å². The normalized spacial score (nSPS) is 11.0. The standard InChI is InChI=1S/C20H18N4O5/c1-11-3-4-12(2)24(11)17-9-13(5-7-15(17)19(26)27)18(25)23-21-10-14-6-8-16(22-14)20(28)29/h3-10,22H,1-2H3,(H,23,25)(H,26,27)(H,28,29). The zero-order valence-corrected chi connectivity index (χ0v) is 15.6. The maximum absolute atomic E-state index is 12.4. The SMILES string of the molecule is Cc1ccc(C)n1-c1cc(C(=O)NN=Cc2ccc(C(=O)O)[nH]2)ccc1C(=O)O. The van der Waals surface area contributed by atoms with E-state index >= 15 is 0 Å². The smallest absolute Gasteiger partial charge is 0.352 e. The van der Waals surface area contributed by atoms with Gasteiger partial charge in [-0.25, -0.2) is 15.0 Å². The number of rotatable bonds is 6. The zero-order valence-electron chi connectivity index (χ0n) is 15.6. The molecule has 0 spiro atoms. The summed E-state index contributed by atoms with van der Waals surface area (Å²) in [6.45, 7) is 3.69. The minimum absolute atomic E-state index is 0.00383. The number of H-pyrrole nitrogens is 1. The topological polar surface area (TPSA) is 137 Å². The summed E-state index contributed by atoms with van der Waals surface area (Å²) in [5.74, 6) is -2.74. The number of amides is 1. The third kappa shape index (κ3) is 4.08. The van der Waals surface area contributed by atoms with Crippen LogP contribution in [0.3, 0.4) is 0 Å². The highest BCUT2D eigenvalue weighted by molar-refractivity contribution is 5.98. The van der Waals surface area contributed by atoms with Gasteiger partial charge in [-0.1, -0.05) is 0 Å². The molecule has 2 aromatic heterocycles. The first-order valence-electron chi connectivity index (χ1n) is 8.56. The summed E-state index contributed by atoms with van der Waals surface area (Å²) in [5.41, 5.74) is 5.10. The van der Waals surface area contributed by atoms with Gasteiger partial charge >= 0.3 is 11.9 Å². The zero-order chi connectivity index (χ0) is 21.1.